The molecule has 0 saturated heterocycles. The molecule has 3 aliphatic carbocycles. The van der Waals surface area contributed by atoms with Crippen LogP contribution in [-0.2, 0) is 4.79 Å². The minimum Gasteiger partial charge on any atom is -0.492 e. The van der Waals surface area contributed by atoms with Crippen molar-refractivity contribution in [3.8, 4) is 5.75 Å². The maximum absolute atomic E-state index is 15.0. The standard InChI is InChI=1S/C31H39FN4O2S/c1-3-21-19-9-10-22(18-6-4-5-17(2)7-8-18)25(14-19)38-11-12-39-26-15-20-13-23(26)28(27(20)29(33)37)35-31-24(32)16-34-30(21)36-31/h3,9-10,14,16-18,20-21,23,26-28H,1,4-8,11-13,15H2,2H3,(H2,33,37)(H,34,35,36)/t17?,18?,20-,21?,23+,26+,27-,28+/m0/s1. The molecule has 1 aromatic carbocycles. The third kappa shape index (κ3) is 5.17. The number of primary amides is 1. The predicted molar refractivity (Wildman–Crippen MR) is 154 cm³/mol. The number of rotatable bonds is 3. The molecule has 8 heteroatoms. The minimum absolute atomic E-state index is 0.134. The predicted octanol–water partition coefficient (Wildman–Crippen LogP) is 6.03. The highest BCUT2D eigenvalue weighted by atomic mass is 32.2. The molecule has 6 nitrogen and oxygen atoms in total. The van der Waals surface area contributed by atoms with Gasteiger partial charge in [-0.2, -0.15) is 11.8 Å². The van der Waals surface area contributed by atoms with Gasteiger partial charge in [-0.05, 0) is 66.5 Å². The number of ether oxygens (including phenoxy) is 1. The van der Waals surface area contributed by atoms with E-state index in [1.54, 1.807) is 6.08 Å². The van der Waals surface area contributed by atoms with Crippen LogP contribution in [0.25, 0.3) is 0 Å². The lowest BCUT2D eigenvalue weighted by Gasteiger charge is -2.35. The average molecular weight is 551 g/mol. The van der Waals surface area contributed by atoms with Crippen LogP contribution < -0.4 is 15.8 Å². The fraction of sp³-hybridized carbons (Fsp3) is 0.581. The molecule has 208 valence electrons. The van der Waals surface area contributed by atoms with Crippen LogP contribution in [0.2, 0.25) is 0 Å². The van der Waals surface area contributed by atoms with Crippen molar-refractivity contribution < 1.29 is 13.9 Å². The Morgan fingerprint density at radius 3 is 2.95 bits per heavy atom. The van der Waals surface area contributed by atoms with Gasteiger partial charge in [0.1, 0.15) is 11.6 Å². The van der Waals surface area contributed by atoms with E-state index in [2.05, 4.69) is 47.0 Å². The summed E-state index contributed by atoms with van der Waals surface area (Å²) in [4.78, 5) is 21.5. The smallest absolute Gasteiger partial charge is 0.222 e. The van der Waals surface area contributed by atoms with Crippen molar-refractivity contribution in [3.05, 3.63) is 59.8 Å². The summed E-state index contributed by atoms with van der Waals surface area (Å²) in [5.41, 5.74) is 8.11. The van der Waals surface area contributed by atoms with Crippen molar-refractivity contribution in [2.24, 2.45) is 29.4 Å². The van der Waals surface area contributed by atoms with E-state index in [-0.39, 0.29) is 41.4 Å². The van der Waals surface area contributed by atoms with Gasteiger partial charge in [0, 0.05) is 17.0 Å². The van der Waals surface area contributed by atoms with Crippen LogP contribution >= 0.6 is 11.8 Å². The molecular weight excluding hydrogens is 511 g/mol. The van der Waals surface area contributed by atoms with Gasteiger partial charge in [-0.1, -0.05) is 44.4 Å². The summed E-state index contributed by atoms with van der Waals surface area (Å²) in [7, 11) is 0. The van der Waals surface area contributed by atoms with Crippen LogP contribution in [-0.4, -0.2) is 39.5 Å². The van der Waals surface area contributed by atoms with E-state index < -0.39 is 5.82 Å². The highest BCUT2D eigenvalue weighted by Gasteiger charge is 2.55. The van der Waals surface area contributed by atoms with Crippen LogP contribution in [0.4, 0.5) is 10.2 Å². The van der Waals surface area contributed by atoms with Gasteiger partial charge in [0.25, 0.3) is 0 Å². The zero-order valence-electron chi connectivity index (χ0n) is 22.7. The number of amides is 1. The molecule has 2 aromatic rings. The average Bonchev–Trinajstić information content (AvgIpc) is 3.41. The molecule has 4 aliphatic rings. The monoisotopic (exact) mass is 550 g/mol. The lowest BCUT2D eigenvalue weighted by Crippen LogP contribution is -2.46. The third-order valence-electron chi connectivity index (χ3n) is 9.62. The Labute approximate surface area is 234 Å². The number of anilines is 1. The van der Waals surface area contributed by atoms with Crippen LogP contribution in [0, 0.1) is 29.5 Å². The van der Waals surface area contributed by atoms with Crippen molar-refractivity contribution in [1.29, 1.82) is 0 Å². The van der Waals surface area contributed by atoms with Crippen LogP contribution in [0.3, 0.4) is 0 Å². The van der Waals surface area contributed by atoms with E-state index in [0.717, 1.165) is 35.8 Å². The van der Waals surface area contributed by atoms with E-state index in [1.165, 1.54) is 43.9 Å². The fourth-order valence-corrected chi connectivity index (χ4v) is 9.03. The van der Waals surface area contributed by atoms with Gasteiger partial charge in [0.2, 0.25) is 5.91 Å². The van der Waals surface area contributed by atoms with Crippen molar-refractivity contribution in [2.75, 3.05) is 17.7 Å². The molecule has 1 aliphatic heterocycles. The molecule has 3 saturated carbocycles. The molecule has 3 unspecified atom stereocenters. The number of carbonyl (C=O) groups excluding carboxylic acids is 1. The molecule has 3 N–H and O–H groups in total. The lowest BCUT2D eigenvalue weighted by atomic mass is 9.83. The number of benzene rings is 1. The number of hydrogen-bond donors (Lipinski definition) is 2. The SMILES string of the molecule is C=CC1c2ccc(C3CCCC(C)CC3)c(c2)OCCS[C@@H]2C[C@@H]3C[C@H]2[C@@H](Nc2nc1ncc2F)[C@H]3C(N)=O. The molecule has 2 heterocycles. The number of nitrogens with one attached hydrogen (secondary N) is 1. The van der Waals surface area contributed by atoms with Crippen molar-refractivity contribution in [2.45, 2.75) is 75.0 Å². The van der Waals surface area contributed by atoms with E-state index >= 15 is 4.39 Å². The summed E-state index contributed by atoms with van der Waals surface area (Å²) in [6.07, 6.45) is 11.0. The lowest BCUT2D eigenvalue weighted by molar-refractivity contribution is -0.123. The first-order valence-electron chi connectivity index (χ1n) is 14.5. The fourth-order valence-electron chi connectivity index (χ4n) is 7.64. The quantitative estimate of drug-likeness (QED) is 0.358. The summed E-state index contributed by atoms with van der Waals surface area (Å²) < 4.78 is 21.6. The second-order valence-electron chi connectivity index (χ2n) is 12.0. The van der Waals surface area contributed by atoms with Crippen LogP contribution in [0.1, 0.15) is 80.7 Å². The van der Waals surface area contributed by atoms with Gasteiger partial charge >= 0.3 is 0 Å². The zero-order valence-corrected chi connectivity index (χ0v) is 23.5. The zero-order chi connectivity index (χ0) is 27.1. The van der Waals surface area contributed by atoms with Crippen molar-refractivity contribution >= 4 is 23.5 Å². The Bertz CT molecular complexity index is 1240. The van der Waals surface area contributed by atoms with E-state index in [1.807, 2.05) is 11.8 Å². The Balaban J connectivity index is 1.38. The van der Waals surface area contributed by atoms with E-state index in [9.17, 15) is 4.79 Å². The van der Waals surface area contributed by atoms with Crippen molar-refractivity contribution in [1.82, 2.24) is 9.97 Å². The second kappa shape index (κ2) is 11.1. The molecule has 1 amide bonds. The van der Waals surface area contributed by atoms with Gasteiger partial charge in [-0.15, -0.1) is 6.58 Å². The van der Waals surface area contributed by atoms with Crippen LogP contribution in [0.5, 0.6) is 5.75 Å². The summed E-state index contributed by atoms with van der Waals surface area (Å²) >= 11 is 1.91. The Kier molecular flexibility index (Phi) is 7.58. The molecule has 0 spiro atoms. The molecule has 6 bridgehead atoms. The van der Waals surface area contributed by atoms with Gasteiger partial charge in [-0.25, -0.2) is 14.4 Å². The number of allylic oxidation sites excluding steroid dienone is 1. The molecule has 6 rings (SSSR count). The normalized spacial score (nSPS) is 34.1. The first-order valence-corrected chi connectivity index (χ1v) is 15.6. The number of nitrogens with two attached hydrogens (primary N) is 1. The first-order chi connectivity index (χ1) is 18.9. The summed E-state index contributed by atoms with van der Waals surface area (Å²) in [5.74, 6) is 2.60. The second-order valence-corrected chi connectivity index (χ2v) is 13.3. The maximum Gasteiger partial charge on any atom is 0.222 e. The molecular formula is C31H39FN4O2S. The minimum atomic E-state index is -0.525. The Morgan fingerprint density at radius 1 is 1.26 bits per heavy atom. The highest BCUT2D eigenvalue weighted by molar-refractivity contribution is 7.99. The molecule has 0 radical (unpaired) electrons. The van der Waals surface area contributed by atoms with Crippen LogP contribution in [0.15, 0.2) is 37.1 Å². The Morgan fingerprint density at radius 2 is 2.13 bits per heavy atom. The maximum atomic E-state index is 15.0. The number of nitrogens with zero attached hydrogens (tertiary/aromatic N) is 2. The molecule has 39 heavy (non-hydrogen) atoms. The highest BCUT2D eigenvalue weighted by Crippen LogP contribution is 2.53. The van der Waals surface area contributed by atoms with Gasteiger partial charge < -0.3 is 15.8 Å². The van der Waals surface area contributed by atoms with Gasteiger partial charge in [0.05, 0.1) is 24.6 Å². The number of halogens is 1. The van der Waals surface area contributed by atoms with Crippen molar-refractivity contribution in [3.63, 3.8) is 0 Å². The number of carbonyl (C=O) groups is 1. The number of thioether (sulfide) groups is 1. The molecule has 3 fully saturated rings. The third-order valence-corrected chi connectivity index (χ3v) is 11.0. The topological polar surface area (TPSA) is 90.1 Å². The molecule has 8 atom stereocenters. The Hall–Kier alpha value is -2.61. The number of aromatic nitrogens is 2. The summed E-state index contributed by atoms with van der Waals surface area (Å²) in [6, 6.07) is 6.23. The number of fused-ring (bicyclic) bond motifs is 5. The van der Waals surface area contributed by atoms with E-state index in [0.29, 0.717) is 23.6 Å². The van der Waals surface area contributed by atoms with Gasteiger partial charge in [0.15, 0.2) is 11.6 Å². The summed E-state index contributed by atoms with van der Waals surface area (Å²) in [5, 5.41) is 3.69. The largest absolute Gasteiger partial charge is 0.492 e. The van der Waals surface area contributed by atoms with Gasteiger partial charge in [-0.3, -0.25) is 4.79 Å². The first kappa shape index (κ1) is 26.6. The molecule has 1 aromatic heterocycles. The number of hydrogen-bond acceptors (Lipinski definition) is 6. The summed E-state index contributed by atoms with van der Waals surface area (Å²) in [6.45, 7) is 7.05. The van der Waals surface area contributed by atoms with E-state index in [4.69, 9.17) is 10.5 Å².